The van der Waals surface area contributed by atoms with Crippen molar-refractivity contribution in [1.29, 1.82) is 5.26 Å². The first-order valence-corrected chi connectivity index (χ1v) is 6.02. The monoisotopic (exact) mass is 214 g/mol. The van der Waals surface area contributed by atoms with Gasteiger partial charge in [-0.3, -0.25) is 0 Å². The molecule has 2 nitrogen and oxygen atoms in total. The quantitative estimate of drug-likeness (QED) is 0.773. The second kappa shape index (κ2) is 5.14. The normalized spacial score (nSPS) is 18.2. The van der Waals surface area contributed by atoms with Gasteiger partial charge in [0.25, 0.3) is 0 Å². The molecule has 16 heavy (non-hydrogen) atoms. The van der Waals surface area contributed by atoms with Gasteiger partial charge in [0.05, 0.1) is 11.6 Å². The van der Waals surface area contributed by atoms with E-state index in [-0.39, 0.29) is 0 Å². The summed E-state index contributed by atoms with van der Waals surface area (Å²) in [5.74, 6) is 0.520. The van der Waals surface area contributed by atoms with Gasteiger partial charge in [0.1, 0.15) is 0 Å². The van der Waals surface area contributed by atoms with Crippen molar-refractivity contribution < 1.29 is 0 Å². The molecule has 1 aliphatic heterocycles. The van der Waals surface area contributed by atoms with Crippen molar-refractivity contribution in [2.75, 3.05) is 19.6 Å². The molecule has 1 unspecified atom stereocenters. The summed E-state index contributed by atoms with van der Waals surface area (Å²) in [6.45, 7) is 5.84. The van der Waals surface area contributed by atoms with Crippen LogP contribution in [0, 0.1) is 11.3 Å². The number of benzene rings is 1. The minimum absolute atomic E-state index is 0.520. The van der Waals surface area contributed by atoms with Crippen LogP contribution in [0.15, 0.2) is 24.3 Å². The Bertz CT molecular complexity index is 386. The molecule has 0 aromatic heterocycles. The molecule has 1 aromatic carbocycles. The van der Waals surface area contributed by atoms with Crippen LogP contribution in [-0.2, 0) is 0 Å². The van der Waals surface area contributed by atoms with Crippen molar-refractivity contribution in [2.24, 2.45) is 0 Å². The summed E-state index contributed by atoms with van der Waals surface area (Å²) in [5, 5.41) is 8.87. The van der Waals surface area contributed by atoms with E-state index in [9.17, 15) is 0 Å². The number of hydrogen-bond donors (Lipinski definition) is 0. The Kier molecular flexibility index (Phi) is 3.58. The van der Waals surface area contributed by atoms with Crippen molar-refractivity contribution in [3.05, 3.63) is 35.4 Å². The number of rotatable bonds is 3. The van der Waals surface area contributed by atoms with E-state index in [2.05, 4.69) is 24.0 Å². The molecule has 1 aliphatic rings. The van der Waals surface area contributed by atoms with Gasteiger partial charge in [-0.05, 0) is 49.5 Å². The van der Waals surface area contributed by atoms with Gasteiger partial charge in [0, 0.05) is 6.54 Å². The molecular formula is C14H18N2. The van der Waals surface area contributed by atoms with Crippen LogP contribution in [0.3, 0.4) is 0 Å². The van der Waals surface area contributed by atoms with E-state index >= 15 is 0 Å². The van der Waals surface area contributed by atoms with Gasteiger partial charge in [-0.1, -0.05) is 19.1 Å². The number of likely N-dealkylation sites (tertiary alicyclic amines) is 1. The zero-order valence-corrected chi connectivity index (χ0v) is 9.82. The molecule has 1 saturated heterocycles. The number of nitriles is 1. The first-order chi connectivity index (χ1) is 7.79. The van der Waals surface area contributed by atoms with Crippen molar-refractivity contribution >= 4 is 0 Å². The van der Waals surface area contributed by atoms with Crippen LogP contribution in [-0.4, -0.2) is 24.5 Å². The standard InChI is InChI=1S/C14H18N2/c1-12(11-16-7-2-3-8-16)14-6-4-5-13(9-14)10-15/h4-6,9,12H,2-3,7-8,11H2,1H3. The Morgan fingerprint density at radius 3 is 2.81 bits per heavy atom. The molecule has 1 atom stereocenters. The van der Waals surface area contributed by atoms with Crippen LogP contribution in [0.4, 0.5) is 0 Å². The molecule has 0 bridgehead atoms. The Labute approximate surface area is 97.5 Å². The molecule has 0 N–H and O–H groups in total. The minimum Gasteiger partial charge on any atom is -0.303 e. The van der Waals surface area contributed by atoms with Crippen LogP contribution in [0.5, 0.6) is 0 Å². The first-order valence-electron chi connectivity index (χ1n) is 6.02. The van der Waals surface area contributed by atoms with Gasteiger partial charge in [-0.25, -0.2) is 0 Å². The SMILES string of the molecule is CC(CN1CCCC1)c1cccc(C#N)c1. The zero-order valence-electron chi connectivity index (χ0n) is 9.82. The van der Waals surface area contributed by atoms with Crippen LogP contribution >= 0.6 is 0 Å². The fourth-order valence-corrected chi connectivity index (χ4v) is 2.37. The number of hydrogen-bond acceptors (Lipinski definition) is 2. The molecule has 2 rings (SSSR count). The summed E-state index contributed by atoms with van der Waals surface area (Å²) in [4.78, 5) is 2.52. The van der Waals surface area contributed by atoms with Gasteiger partial charge in [-0.2, -0.15) is 5.26 Å². The molecule has 0 saturated carbocycles. The highest BCUT2D eigenvalue weighted by molar-refractivity contribution is 5.34. The lowest BCUT2D eigenvalue weighted by Crippen LogP contribution is -2.24. The van der Waals surface area contributed by atoms with E-state index < -0.39 is 0 Å². The van der Waals surface area contributed by atoms with Crippen molar-refractivity contribution in [2.45, 2.75) is 25.7 Å². The molecule has 0 amide bonds. The van der Waals surface area contributed by atoms with Crippen LogP contribution in [0.1, 0.15) is 36.8 Å². The van der Waals surface area contributed by atoms with Gasteiger partial charge in [0.2, 0.25) is 0 Å². The maximum atomic E-state index is 8.87. The summed E-state index contributed by atoms with van der Waals surface area (Å²) in [6.07, 6.45) is 2.68. The average molecular weight is 214 g/mol. The fourth-order valence-electron chi connectivity index (χ4n) is 2.37. The van der Waals surface area contributed by atoms with Crippen LogP contribution in [0.2, 0.25) is 0 Å². The van der Waals surface area contributed by atoms with E-state index in [0.717, 1.165) is 12.1 Å². The third kappa shape index (κ3) is 2.62. The molecule has 0 aliphatic carbocycles. The Morgan fingerprint density at radius 2 is 2.12 bits per heavy atom. The summed E-state index contributed by atoms with van der Waals surface area (Å²) in [5.41, 5.74) is 2.05. The molecule has 0 spiro atoms. The number of nitrogens with zero attached hydrogens (tertiary/aromatic N) is 2. The third-order valence-electron chi connectivity index (χ3n) is 3.32. The summed E-state index contributed by atoms with van der Waals surface area (Å²) in [7, 11) is 0. The topological polar surface area (TPSA) is 27.0 Å². The average Bonchev–Trinajstić information content (AvgIpc) is 2.82. The van der Waals surface area contributed by atoms with Crippen LogP contribution < -0.4 is 0 Å². The summed E-state index contributed by atoms with van der Waals surface area (Å²) in [6, 6.07) is 10.2. The maximum absolute atomic E-state index is 8.87. The lowest BCUT2D eigenvalue weighted by atomic mass is 9.99. The third-order valence-corrected chi connectivity index (χ3v) is 3.32. The predicted molar refractivity (Wildman–Crippen MR) is 65.2 cm³/mol. The lowest BCUT2D eigenvalue weighted by Gasteiger charge is -2.20. The van der Waals surface area contributed by atoms with Gasteiger partial charge in [0.15, 0.2) is 0 Å². The molecular weight excluding hydrogens is 196 g/mol. The second-order valence-electron chi connectivity index (χ2n) is 4.65. The smallest absolute Gasteiger partial charge is 0.0991 e. The zero-order chi connectivity index (χ0) is 11.4. The van der Waals surface area contributed by atoms with Crippen molar-refractivity contribution in [3.8, 4) is 6.07 Å². The fraction of sp³-hybridized carbons (Fsp3) is 0.500. The molecule has 1 fully saturated rings. The Morgan fingerprint density at radius 1 is 1.38 bits per heavy atom. The van der Waals surface area contributed by atoms with Crippen molar-refractivity contribution in [3.63, 3.8) is 0 Å². The summed E-state index contributed by atoms with van der Waals surface area (Å²) < 4.78 is 0. The highest BCUT2D eigenvalue weighted by Crippen LogP contribution is 2.20. The van der Waals surface area contributed by atoms with E-state index in [0.29, 0.717) is 5.92 Å². The maximum Gasteiger partial charge on any atom is 0.0991 e. The van der Waals surface area contributed by atoms with E-state index in [4.69, 9.17) is 5.26 Å². The summed E-state index contributed by atoms with van der Waals surface area (Å²) >= 11 is 0. The molecule has 84 valence electrons. The largest absolute Gasteiger partial charge is 0.303 e. The molecule has 1 aromatic rings. The van der Waals surface area contributed by atoms with E-state index in [1.165, 1.54) is 31.5 Å². The Balaban J connectivity index is 2.02. The molecule has 2 heteroatoms. The Hall–Kier alpha value is -1.33. The van der Waals surface area contributed by atoms with Crippen LogP contribution in [0.25, 0.3) is 0 Å². The first kappa shape index (κ1) is 11.2. The highest BCUT2D eigenvalue weighted by Gasteiger charge is 2.15. The van der Waals surface area contributed by atoms with Gasteiger partial charge >= 0.3 is 0 Å². The van der Waals surface area contributed by atoms with Gasteiger partial charge < -0.3 is 4.90 Å². The van der Waals surface area contributed by atoms with E-state index in [1.807, 2.05) is 18.2 Å². The minimum atomic E-state index is 0.520. The van der Waals surface area contributed by atoms with Crippen molar-refractivity contribution in [1.82, 2.24) is 4.90 Å². The second-order valence-corrected chi connectivity index (χ2v) is 4.65. The molecule has 0 radical (unpaired) electrons. The van der Waals surface area contributed by atoms with E-state index in [1.54, 1.807) is 0 Å². The highest BCUT2D eigenvalue weighted by atomic mass is 15.1. The van der Waals surface area contributed by atoms with Gasteiger partial charge in [-0.15, -0.1) is 0 Å². The molecule has 1 heterocycles. The predicted octanol–water partition coefficient (Wildman–Crippen LogP) is 2.76. The lowest BCUT2D eigenvalue weighted by molar-refractivity contribution is 0.320.